The average molecular weight is 296 g/mol. The van der Waals surface area contributed by atoms with Gasteiger partial charge in [-0.15, -0.1) is 0 Å². The van der Waals surface area contributed by atoms with Gasteiger partial charge < -0.3 is 9.88 Å². The number of aromatic nitrogens is 1. The lowest BCUT2D eigenvalue weighted by Crippen LogP contribution is -2.28. The quantitative estimate of drug-likeness (QED) is 0.883. The van der Waals surface area contributed by atoms with Gasteiger partial charge in [-0.05, 0) is 25.1 Å². The van der Waals surface area contributed by atoms with Crippen LogP contribution in [0.2, 0.25) is 0 Å². The fourth-order valence-corrected chi connectivity index (χ4v) is 1.75. The van der Waals surface area contributed by atoms with Crippen molar-refractivity contribution in [1.29, 1.82) is 0 Å². The summed E-state index contributed by atoms with van der Waals surface area (Å²) >= 11 is 0. The first-order valence-corrected chi connectivity index (χ1v) is 5.99. The Bertz CT molecular complexity index is 756. The molecule has 1 heterocycles. The van der Waals surface area contributed by atoms with Crippen molar-refractivity contribution >= 4 is 11.6 Å². The van der Waals surface area contributed by atoms with Crippen molar-refractivity contribution in [2.45, 2.75) is 13.5 Å². The Balaban J connectivity index is 2.18. The zero-order valence-electron chi connectivity index (χ0n) is 11.0. The van der Waals surface area contributed by atoms with Crippen molar-refractivity contribution in [2.75, 3.05) is 5.32 Å². The summed E-state index contributed by atoms with van der Waals surface area (Å²) in [5, 5.41) is 2.09. The van der Waals surface area contributed by atoms with Gasteiger partial charge in [0.2, 0.25) is 5.91 Å². The van der Waals surface area contributed by atoms with Gasteiger partial charge in [0, 0.05) is 11.8 Å². The van der Waals surface area contributed by atoms with E-state index in [1.807, 2.05) is 0 Å². The van der Waals surface area contributed by atoms with E-state index in [0.29, 0.717) is 11.6 Å². The lowest BCUT2D eigenvalue weighted by Gasteiger charge is -2.09. The van der Waals surface area contributed by atoms with Crippen molar-refractivity contribution < 1.29 is 18.0 Å². The highest BCUT2D eigenvalue weighted by molar-refractivity contribution is 5.90. The van der Waals surface area contributed by atoms with Crippen LogP contribution in [-0.4, -0.2) is 10.5 Å². The molecule has 7 heteroatoms. The number of halogens is 3. The highest BCUT2D eigenvalue weighted by Gasteiger charge is 2.15. The monoisotopic (exact) mass is 296 g/mol. The third-order valence-electron chi connectivity index (χ3n) is 2.83. The topological polar surface area (TPSA) is 51.1 Å². The third kappa shape index (κ3) is 3.13. The van der Waals surface area contributed by atoms with Crippen molar-refractivity contribution in [3.8, 4) is 0 Å². The van der Waals surface area contributed by atoms with E-state index in [1.54, 1.807) is 19.1 Å². The number of pyridine rings is 1. The highest BCUT2D eigenvalue weighted by atomic mass is 19.2. The number of benzene rings is 1. The molecule has 21 heavy (non-hydrogen) atoms. The second-order valence-electron chi connectivity index (χ2n) is 4.40. The van der Waals surface area contributed by atoms with Gasteiger partial charge in [-0.3, -0.25) is 9.59 Å². The molecule has 4 nitrogen and oxygen atoms in total. The van der Waals surface area contributed by atoms with Crippen molar-refractivity contribution in [3.63, 3.8) is 0 Å². The van der Waals surface area contributed by atoms with E-state index in [4.69, 9.17) is 0 Å². The summed E-state index contributed by atoms with van der Waals surface area (Å²) in [5.41, 5.74) is -0.401. The molecule has 110 valence electrons. The Morgan fingerprint density at radius 2 is 1.90 bits per heavy atom. The molecule has 2 aromatic rings. The van der Waals surface area contributed by atoms with Crippen LogP contribution in [0, 0.1) is 24.4 Å². The third-order valence-corrected chi connectivity index (χ3v) is 2.83. The fraction of sp³-hybridized carbons (Fsp3) is 0.143. The standard InChI is InChI=1S/C14H11F3N2O2/c1-8-3-2-6-19(14(8)21)7-11(20)18-10-5-4-9(15)12(16)13(10)17/h2-6H,7H2,1H3,(H,18,20). The van der Waals surface area contributed by atoms with Crippen LogP contribution >= 0.6 is 0 Å². The minimum atomic E-state index is -1.67. The maximum Gasteiger partial charge on any atom is 0.253 e. The van der Waals surface area contributed by atoms with E-state index in [9.17, 15) is 22.8 Å². The van der Waals surface area contributed by atoms with Gasteiger partial charge in [0.25, 0.3) is 5.56 Å². The average Bonchev–Trinajstić information content (AvgIpc) is 2.45. The first-order valence-electron chi connectivity index (χ1n) is 5.99. The number of nitrogens with one attached hydrogen (secondary N) is 1. The summed E-state index contributed by atoms with van der Waals surface area (Å²) in [6.07, 6.45) is 1.40. The Kier molecular flexibility index (Phi) is 4.11. The SMILES string of the molecule is Cc1cccn(CC(=O)Nc2ccc(F)c(F)c2F)c1=O. The van der Waals surface area contributed by atoms with Crippen LogP contribution in [0.5, 0.6) is 0 Å². The van der Waals surface area contributed by atoms with Gasteiger partial charge in [-0.1, -0.05) is 6.07 Å². The Hall–Kier alpha value is -2.57. The first-order chi connectivity index (χ1) is 9.90. The van der Waals surface area contributed by atoms with E-state index in [0.717, 1.165) is 10.6 Å². The number of hydrogen-bond donors (Lipinski definition) is 1. The molecule has 0 aliphatic rings. The summed E-state index contributed by atoms with van der Waals surface area (Å²) in [7, 11) is 0. The number of amides is 1. The molecule has 0 unspecified atom stereocenters. The largest absolute Gasteiger partial charge is 0.322 e. The smallest absolute Gasteiger partial charge is 0.253 e. The summed E-state index contributed by atoms with van der Waals surface area (Å²) in [4.78, 5) is 23.5. The molecule has 0 radical (unpaired) electrons. The lowest BCUT2D eigenvalue weighted by atomic mass is 10.2. The van der Waals surface area contributed by atoms with Gasteiger partial charge in [0.1, 0.15) is 6.54 Å². The summed E-state index contributed by atoms with van der Waals surface area (Å²) in [6.45, 7) is 1.23. The fourth-order valence-electron chi connectivity index (χ4n) is 1.75. The summed E-state index contributed by atoms with van der Waals surface area (Å²) < 4.78 is 40.3. The molecule has 1 amide bonds. The minimum absolute atomic E-state index is 0.362. The highest BCUT2D eigenvalue weighted by Crippen LogP contribution is 2.19. The maximum atomic E-state index is 13.4. The zero-order chi connectivity index (χ0) is 15.6. The molecule has 0 spiro atoms. The molecular formula is C14H11F3N2O2. The zero-order valence-corrected chi connectivity index (χ0v) is 11.0. The van der Waals surface area contributed by atoms with Crippen LogP contribution in [-0.2, 0) is 11.3 Å². The number of hydrogen-bond acceptors (Lipinski definition) is 2. The second-order valence-corrected chi connectivity index (χ2v) is 4.40. The second kappa shape index (κ2) is 5.82. The molecule has 0 bridgehead atoms. The van der Waals surface area contributed by atoms with Crippen molar-refractivity contribution in [1.82, 2.24) is 4.57 Å². The van der Waals surface area contributed by atoms with E-state index < -0.39 is 29.0 Å². The molecular weight excluding hydrogens is 285 g/mol. The first kappa shape index (κ1) is 14.8. The number of anilines is 1. The minimum Gasteiger partial charge on any atom is -0.322 e. The Morgan fingerprint density at radius 3 is 2.62 bits per heavy atom. The summed E-state index contributed by atoms with van der Waals surface area (Å²) in [5.74, 6) is -5.23. The van der Waals surface area contributed by atoms with Gasteiger partial charge in [-0.2, -0.15) is 0 Å². The van der Waals surface area contributed by atoms with Crippen LogP contribution in [0.25, 0.3) is 0 Å². The number of carbonyl (C=O) groups excluding carboxylic acids is 1. The molecule has 1 aromatic heterocycles. The van der Waals surface area contributed by atoms with Crippen LogP contribution in [0.3, 0.4) is 0 Å². The van der Waals surface area contributed by atoms with E-state index in [-0.39, 0.29) is 12.1 Å². The van der Waals surface area contributed by atoms with Crippen LogP contribution in [0.1, 0.15) is 5.56 Å². The molecule has 0 atom stereocenters. The van der Waals surface area contributed by atoms with Crippen LogP contribution in [0.4, 0.5) is 18.9 Å². The molecule has 1 N–H and O–H groups in total. The van der Waals surface area contributed by atoms with E-state index in [1.165, 1.54) is 6.20 Å². The van der Waals surface area contributed by atoms with Gasteiger partial charge in [-0.25, -0.2) is 13.2 Å². The number of rotatable bonds is 3. The molecule has 0 aliphatic carbocycles. The normalized spacial score (nSPS) is 10.5. The summed E-state index contributed by atoms with van der Waals surface area (Å²) in [6, 6.07) is 4.78. The van der Waals surface area contributed by atoms with Gasteiger partial charge in [0.15, 0.2) is 17.5 Å². The lowest BCUT2D eigenvalue weighted by molar-refractivity contribution is -0.116. The maximum absolute atomic E-state index is 13.4. The van der Waals surface area contributed by atoms with E-state index in [2.05, 4.69) is 5.32 Å². The van der Waals surface area contributed by atoms with Crippen LogP contribution < -0.4 is 10.9 Å². The molecule has 1 aromatic carbocycles. The number of nitrogens with zero attached hydrogens (tertiary/aromatic N) is 1. The van der Waals surface area contributed by atoms with Gasteiger partial charge in [0.05, 0.1) is 5.69 Å². The van der Waals surface area contributed by atoms with Crippen molar-refractivity contribution in [2.24, 2.45) is 0 Å². The molecule has 0 saturated heterocycles. The predicted octanol–water partition coefficient (Wildman–Crippen LogP) is 2.21. The Morgan fingerprint density at radius 1 is 1.19 bits per heavy atom. The van der Waals surface area contributed by atoms with Crippen LogP contribution in [0.15, 0.2) is 35.3 Å². The number of carbonyl (C=O) groups is 1. The van der Waals surface area contributed by atoms with Gasteiger partial charge >= 0.3 is 0 Å². The van der Waals surface area contributed by atoms with E-state index >= 15 is 0 Å². The van der Waals surface area contributed by atoms with Crippen molar-refractivity contribution in [3.05, 3.63) is 63.8 Å². The molecule has 0 saturated carbocycles. The molecule has 0 aliphatic heterocycles. The Labute approximate surface area is 117 Å². The molecule has 2 rings (SSSR count). The predicted molar refractivity (Wildman–Crippen MR) is 70.4 cm³/mol. The molecule has 0 fully saturated rings. The number of aryl methyl sites for hydroxylation is 1.